The van der Waals surface area contributed by atoms with Crippen LogP contribution in [-0.2, 0) is 9.84 Å². The van der Waals surface area contributed by atoms with Crippen LogP contribution in [0.1, 0.15) is 23.8 Å². The predicted octanol–water partition coefficient (Wildman–Crippen LogP) is 2.18. The molecular weight excluding hydrogens is 262 g/mol. The van der Waals surface area contributed by atoms with Crippen LogP contribution in [0.5, 0.6) is 0 Å². The van der Waals surface area contributed by atoms with Crippen LogP contribution in [0.3, 0.4) is 0 Å². The summed E-state index contributed by atoms with van der Waals surface area (Å²) in [4.78, 5) is 0. The maximum atomic E-state index is 11.5. The third-order valence-electron chi connectivity index (χ3n) is 3.86. The van der Waals surface area contributed by atoms with E-state index in [0.717, 1.165) is 16.5 Å². The molecule has 0 saturated carbocycles. The highest BCUT2D eigenvalue weighted by Gasteiger charge is 2.34. The lowest BCUT2D eigenvalue weighted by Gasteiger charge is -2.14. The molecule has 0 amide bonds. The molecule has 0 bridgehead atoms. The molecule has 1 saturated heterocycles. The molecule has 3 rings (SSSR count). The van der Waals surface area contributed by atoms with Crippen molar-refractivity contribution in [2.45, 2.75) is 19.4 Å². The number of nitrogens with two attached hydrogens (primary N) is 1. The van der Waals surface area contributed by atoms with E-state index >= 15 is 0 Å². The van der Waals surface area contributed by atoms with E-state index in [0.29, 0.717) is 12.2 Å². The van der Waals surface area contributed by atoms with Crippen LogP contribution in [0.15, 0.2) is 28.7 Å². The van der Waals surface area contributed by atoms with Gasteiger partial charge in [-0.1, -0.05) is 18.2 Å². The molecule has 1 fully saturated rings. The molecule has 2 N–H and O–H groups in total. The van der Waals surface area contributed by atoms with Crippen molar-refractivity contribution < 1.29 is 12.8 Å². The normalized spacial score (nSPS) is 23.8. The van der Waals surface area contributed by atoms with E-state index in [4.69, 9.17) is 10.2 Å². The first-order chi connectivity index (χ1) is 8.96. The summed E-state index contributed by atoms with van der Waals surface area (Å²) in [5.41, 5.74) is 8.08. The van der Waals surface area contributed by atoms with Gasteiger partial charge in [-0.25, -0.2) is 8.42 Å². The van der Waals surface area contributed by atoms with Crippen LogP contribution in [0.2, 0.25) is 0 Å². The number of fused-ring (bicyclic) bond motifs is 1. The highest BCUT2D eigenvalue weighted by molar-refractivity contribution is 7.91. The molecule has 0 aliphatic carbocycles. The summed E-state index contributed by atoms with van der Waals surface area (Å²) in [6, 6.07) is 7.53. The fraction of sp³-hybridized carbons (Fsp3) is 0.429. The largest absolute Gasteiger partial charge is 0.459 e. The number of sulfone groups is 1. The van der Waals surface area contributed by atoms with E-state index in [1.54, 1.807) is 0 Å². The Hall–Kier alpha value is -1.33. The average molecular weight is 279 g/mol. The maximum Gasteiger partial charge on any atom is 0.150 e. The monoisotopic (exact) mass is 279 g/mol. The van der Waals surface area contributed by atoms with Gasteiger partial charge in [0.25, 0.3) is 0 Å². The van der Waals surface area contributed by atoms with Crippen molar-refractivity contribution in [3.05, 3.63) is 35.6 Å². The van der Waals surface area contributed by atoms with Gasteiger partial charge in [0.2, 0.25) is 0 Å². The number of benzene rings is 1. The third-order valence-corrected chi connectivity index (χ3v) is 5.66. The fourth-order valence-electron chi connectivity index (χ4n) is 2.73. The number of hydrogen-bond acceptors (Lipinski definition) is 4. The smallest absolute Gasteiger partial charge is 0.150 e. The van der Waals surface area contributed by atoms with Crippen molar-refractivity contribution in [2.75, 3.05) is 11.5 Å². The summed E-state index contributed by atoms with van der Waals surface area (Å²) >= 11 is 0. The second kappa shape index (κ2) is 4.35. The Morgan fingerprint density at radius 1 is 1.42 bits per heavy atom. The van der Waals surface area contributed by atoms with Gasteiger partial charge in [-0.2, -0.15) is 0 Å². The first-order valence-corrected chi connectivity index (χ1v) is 8.23. The summed E-state index contributed by atoms with van der Waals surface area (Å²) in [6.45, 7) is 1.99. The molecule has 1 aromatic heterocycles. The van der Waals surface area contributed by atoms with E-state index in [1.165, 1.54) is 0 Å². The second-order valence-electron chi connectivity index (χ2n) is 5.33. The first kappa shape index (κ1) is 12.7. The summed E-state index contributed by atoms with van der Waals surface area (Å²) in [7, 11) is -2.91. The average Bonchev–Trinajstić information content (AvgIpc) is 2.92. The zero-order valence-electron chi connectivity index (χ0n) is 10.8. The molecule has 2 unspecified atom stereocenters. The minimum atomic E-state index is -2.91. The summed E-state index contributed by atoms with van der Waals surface area (Å²) in [5.74, 6) is 1.06. The summed E-state index contributed by atoms with van der Waals surface area (Å²) in [6.07, 6.45) is 0.625. The number of furan rings is 1. The molecule has 1 aromatic carbocycles. The van der Waals surface area contributed by atoms with Crippen molar-refractivity contribution in [1.29, 1.82) is 0 Å². The minimum Gasteiger partial charge on any atom is -0.459 e. The van der Waals surface area contributed by atoms with Gasteiger partial charge in [0.1, 0.15) is 11.3 Å². The Morgan fingerprint density at radius 2 is 2.21 bits per heavy atom. The van der Waals surface area contributed by atoms with Crippen LogP contribution >= 0.6 is 0 Å². The van der Waals surface area contributed by atoms with Gasteiger partial charge in [-0.05, 0) is 30.9 Å². The van der Waals surface area contributed by atoms with E-state index < -0.39 is 9.84 Å². The third kappa shape index (κ3) is 2.28. The van der Waals surface area contributed by atoms with Crippen LogP contribution in [0, 0.1) is 12.8 Å². The second-order valence-corrected chi connectivity index (χ2v) is 7.56. The fourth-order valence-corrected chi connectivity index (χ4v) is 4.59. The Kier molecular flexibility index (Phi) is 2.91. The van der Waals surface area contributed by atoms with Gasteiger partial charge in [0.05, 0.1) is 17.5 Å². The van der Waals surface area contributed by atoms with E-state index in [9.17, 15) is 8.42 Å². The Labute approximate surface area is 112 Å². The van der Waals surface area contributed by atoms with Crippen molar-refractivity contribution in [3.63, 3.8) is 0 Å². The highest BCUT2D eigenvalue weighted by Crippen LogP contribution is 2.33. The molecule has 2 atom stereocenters. The lowest BCUT2D eigenvalue weighted by atomic mass is 9.98. The quantitative estimate of drug-likeness (QED) is 0.914. The molecule has 1 aliphatic heterocycles. The van der Waals surface area contributed by atoms with E-state index in [1.807, 2.05) is 31.2 Å². The molecule has 2 aromatic rings. The lowest BCUT2D eigenvalue weighted by molar-refractivity contribution is 0.401. The zero-order chi connectivity index (χ0) is 13.6. The van der Waals surface area contributed by atoms with Crippen LogP contribution < -0.4 is 5.73 Å². The van der Waals surface area contributed by atoms with Crippen molar-refractivity contribution >= 4 is 20.8 Å². The zero-order valence-corrected chi connectivity index (χ0v) is 11.6. The van der Waals surface area contributed by atoms with Gasteiger partial charge in [-0.3, -0.25) is 0 Å². The lowest BCUT2D eigenvalue weighted by Crippen LogP contribution is -2.21. The SMILES string of the molecule is Cc1cccc2cc(C(N)C3CCS(=O)(=O)C3)oc12. The van der Waals surface area contributed by atoms with Gasteiger partial charge in [0.15, 0.2) is 9.84 Å². The number of hydrogen-bond donors (Lipinski definition) is 1. The topological polar surface area (TPSA) is 73.3 Å². The van der Waals surface area contributed by atoms with Gasteiger partial charge in [0, 0.05) is 5.39 Å². The van der Waals surface area contributed by atoms with Gasteiger partial charge in [-0.15, -0.1) is 0 Å². The maximum absolute atomic E-state index is 11.5. The molecular formula is C14H17NO3S. The van der Waals surface area contributed by atoms with Gasteiger partial charge >= 0.3 is 0 Å². The first-order valence-electron chi connectivity index (χ1n) is 6.41. The Balaban J connectivity index is 1.94. The molecule has 102 valence electrons. The molecule has 5 heteroatoms. The molecule has 19 heavy (non-hydrogen) atoms. The summed E-state index contributed by atoms with van der Waals surface area (Å²) < 4.78 is 28.9. The Morgan fingerprint density at radius 3 is 2.84 bits per heavy atom. The highest BCUT2D eigenvalue weighted by atomic mass is 32.2. The van der Waals surface area contributed by atoms with E-state index in [2.05, 4.69) is 0 Å². The predicted molar refractivity (Wildman–Crippen MR) is 74.6 cm³/mol. The van der Waals surface area contributed by atoms with Crippen LogP contribution in [0.4, 0.5) is 0 Å². The van der Waals surface area contributed by atoms with Crippen molar-refractivity contribution in [3.8, 4) is 0 Å². The van der Waals surface area contributed by atoms with Crippen LogP contribution in [0.25, 0.3) is 11.0 Å². The molecule has 0 spiro atoms. The number of para-hydroxylation sites is 1. The van der Waals surface area contributed by atoms with E-state index in [-0.39, 0.29) is 23.5 Å². The summed E-state index contributed by atoms with van der Waals surface area (Å²) in [5, 5.41) is 1.02. The standard InChI is InChI=1S/C14H17NO3S/c1-9-3-2-4-10-7-12(18-14(9)10)13(15)11-5-6-19(16,17)8-11/h2-4,7,11,13H,5-6,8,15H2,1H3. The van der Waals surface area contributed by atoms with Crippen molar-refractivity contribution in [2.24, 2.45) is 11.7 Å². The number of rotatable bonds is 2. The molecule has 0 radical (unpaired) electrons. The molecule has 2 heterocycles. The molecule has 1 aliphatic rings. The van der Waals surface area contributed by atoms with Gasteiger partial charge < -0.3 is 10.2 Å². The molecule has 4 nitrogen and oxygen atoms in total. The minimum absolute atomic E-state index is 0.0362. The van der Waals surface area contributed by atoms with Crippen molar-refractivity contribution in [1.82, 2.24) is 0 Å². The Bertz CT molecular complexity index is 717. The van der Waals surface area contributed by atoms with Crippen LogP contribution in [-0.4, -0.2) is 19.9 Å². The number of aryl methyl sites for hydroxylation is 1.